The molecule has 0 bridgehead atoms. The van der Waals surface area contributed by atoms with Gasteiger partial charge in [0.05, 0.1) is 14.2 Å². The zero-order chi connectivity index (χ0) is 12.3. The van der Waals surface area contributed by atoms with E-state index < -0.39 is 15.6 Å². The number of aliphatic hydroxyl groups excluding tert-OH is 1. The summed E-state index contributed by atoms with van der Waals surface area (Å²) in [5.41, 5.74) is -2.14. The molecule has 0 radical (unpaired) electrons. The Morgan fingerprint density at radius 2 is 1.88 bits per heavy atom. The summed E-state index contributed by atoms with van der Waals surface area (Å²) in [6, 6.07) is 4.34. The van der Waals surface area contributed by atoms with E-state index in [-0.39, 0.29) is 17.1 Å². The fourth-order valence-corrected chi connectivity index (χ4v) is 1.77. The molecule has 0 aromatic heterocycles. The monoisotopic (exact) mass is 248 g/mol. The number of para-hydroxylation sites is 1. The average molecular weight is 248 g/mol. The van der Waals surface area contributed by atoms with Crippen molar-refractivity contribution in [2.75, 3.05) is 14.2 Å². The average Bonchev–Trinajstić information content (AvgIpc) is 2.25. The van der Waals surface area contributed by atoms with Gasteiger partial charge in [-0.1, -0.05) is 12.1 Å². The van der Waals surface area contributed by atoms with Crippen LogP contribution >= 0.6 is 0 Å². The van der Waals surface area contributed by atoms with Crippen molar-refractivity contribution < 1.29 is 27.6 Å². The van der Waals surface area contributed by atoms with E-state index >= 15 is 0 Å². The van der Waals surface area contributed by atoms with Crippen LogP contribution in [0.2, 0.25) is 0 Å². The minimum Gasteiger partial charge on any atom is -0.493 e. The van der Waals surface area contributed by atoms with Crippen molar-refractivity contribution in [2.45, 2.75) is 5.44 Å². The van der Waals surface area contributed by atoms with Gasteiger partial charge in [0.1, 0.15) is 0 Å². The lowest BCUT2D eigenvalue weighted by Crippen LogP contribution is -2.12. The SMILES string of the molecule is COc1cccc(C(O)S(=O)(=O)O)c1OC. The maximum absolute atomic E-state index is 10.8. The van der Waals surface area contributed by atoms with Gasteiger partial charge in [0.2, 0.25) is 5.44 Å². The van der Waals surface area contributed by atoms with Crippen LogP contribution < -0.4 is 9.47 Å². The number of ether oxygens (including phenoxy) is 2. The van der Waals surface area contributed by atoms with Crippen LogP contribution in [0, 0.1) is 0 Å². The molecule has 90 valence electrons. The highest BCUT2D eigenvalue weighted by Gasteiger charge is 2.26. The normalized spacial score (nSPS) is 13.2. The fourth-order valence-electron chi connectivity index (χ4n) is 1.27. The molecule has 6 nitrogen and oxygen atoms in total. The molecule has 0 fully saturated rings. The summed E-state index contributed by atoms with van der Waals surface area (Å²) in [4.78, 5) is 0. The fraction of sp³-hybridized carbons (Fsp3) is 0.333. The molecule has 7 heteroatoms. The second-order valence-electron chi connectivity index (χ2n) is 2.95. The van der Waals surface area contributed by atoms with Gasteiger partial charge in [-0.05, 0) is 6.07 Å². The largest absolute Gasteiger partial charge is 0.493 e. The highest BCUT2D eigenvalue weighted by atomic mass is 32.2. The molecule has 2 N–H and O–H groups in total. The molecule has 0 aliphatic heterocycles. The zero-order valence-corrected chi connectivity index (χ0v) is 9.56. The van der Waals surface area contributed by atoms with Crippen LogP contribution in [0.5, 0.6) is 11.5 Å². The Morgan fingerprint density at radius 3 is 2.31 bits per heavy atom. The van der Waals surface area contributed by atoms with Crippen molar-refractivity contribution >= 4 is 10.1 Å². The van der Waals surface area contributed by atoms with Crippen molar-refractivity contribution in [1.29, 1.82) is 0 Å². The predicted octanol–water partition coefficient (Wildman–Crippen LogP) is 0.582. The number of rotatable bonds is 4. The molecule has 1 unspecified atom stereocenters. The van der Waals surface area contributed by atoms with E-state index in [2.05, 4.69) is 0 Å². The molecule has 0 aliphatic rings. The molecule has 0 amide bonds. The third kappa shape index (κ3) is 2.43. The van der Waals surface area contributed by atoms with Crippen molar-refractivity contribution in [3.63, 3.8) is 0 Å². The molecule has 0 spiro atoms. The summed E-state index contributed by atoms with van der Waals surface area (Å²) in [6.07, 6.45) is 0. The Kier molecular flexibility index (Phi) is 3.74. The summed E-state index contributed by atoms with van der Waals surface area (Å²) >= 11 is 0. The second kappa shape index (κ2) is 4.69. The van der Waals surface area contributed by atoms with Crippen molar-refractivity contribution in [3.8, 4) is 11.5 Å². The van der Waals surface area contributed by atoms with Crippen LogP contribution in [0.15, 0.2) is 18.2 Å². The summed E-state index contributed by atoms with van der Waals surface area (Å²) in [7, 11) is -1.91. The summed E-state index contributed by atoms with van der Waals surface area (Å²) in [5.74, 6) is 0.331. The van der Waals surface area contributed by atoms with E-state index in [0.717, 1.165) is 0 Å². The first-order valence-corrected chi connectivity index (χ1v) is 5.77. The van der Waals surface area contributed by atoms with Gasteiger partial charge in [0.25, 0.3) is 10.1 Å². The van der Waals surface area contributed by atoms with Crippen molar-refractivity contribution in [1.82, 2.24) is 0 Å². The Bertz CT molecular complexity index is 467. The van der Waals surface area contributed by atoms with Crippen LogP contribution in [0.25, 0.3) is 0 Å². The van der Waals surface area contributed by atoms with Gasteiger partial charge in [-0.15, -0.1) is 0 Å². The lowest BCUT2D eigenvalue weighted by molar-refractivity contribution is 0.231. The van der Waals surface area contributed by atoms with E-state index in [4.69, 9.17) is 14.0 Å². The van der Waals surface area contributed by atoms with Crippen LogP contribution in [0.4, 0.5) is 0 Å². The molecule has 0 saturated heterocycles. The summed E-state index contributed by atoms with van der Waals surface area (Å²) in [5, 5.41) is 9.42. The smallest absolute Gasteiger partial charge is 0.296 e. The van der Waals surface area contributed by atoms with Crippen molar-refractivity contribution in [2.24, 2.45) is 0 Å². The topological polar surface area (TPSA) is 93.1 Å². The number of benzene rings is 1. The molecule has 1 atom stereocenters. The Balaban J connectivity index is 3.34. The highest BCUT2D eigenvalue weighted by molar-refractivity contribution is 7.85. The molecular weight excluding hydrogens is 236 g/mol. The number of hydrogen-bond donors (Lipinski definition) is 2. The van der Waals surface area contributed by atoms with E-state index in [9.17, 15) is 13.5 Å². The first-order chi connectivity index (χ1) is 7.41. The second-order valence-corrected chi connectivity index (χ2v) is 4.43. The molecule has 1 aromatic rings. The van der Waals surface area contributed by atoms with E-state index in [0.29, 0.717) is 0 Å². The zero-order valence-electron chi connectivity index (χ0n) is 8.75. The van der Waals surface area contributed by atoms with Gasteiger partial charge < -0.3 is 14.6 Å². The first kappa shape index (κ1) is 12.8. The lowest BCUT2D eigenvalue weighted by atomic mass is 10.2. The number of aliphatic hydroxyl groups is 1. The minimum atomic E-state index is -4.59. The number of hydrogen-bond acceptors (Lipinski definition) is 5. The van der Waals surface area contributed by atoms with E-state index in [1.54, 1.807) is 6.07 Å². The van der Waals surface area contributed by atoms with Crippen molar-refractivity contribution in [3.05, 3.63) is 23.8 Å². The van der Waals surface area contributed by atoms with Crippen LogP contribution in [-0.4, -0.2) is 32.3 Å². The van der Waals surface area contributed by atoms with Crippen LogP contribution in [0.3, 0.4) is 0 Å². The first-order valence-electron chi connectivity index (χ1n) is 4.27. The van der Waals surface area contributed by atoms with Crippen LogP contribution in [-0.2, 0) is 10.1 Å². The van der Waals surface area contributed by atoms with Gasteiger partial charge in [-0.25, -0.2) is 0 Å². The molecule has 0 heterocycles. The third-order valence-corrected chi connectivity index (χ3v) is 2.80. The van der Waals surface area contributed by atoms with Gasteiger partial charge in [-0.3, -0.25) is 4.55 Å². The Hall–Kier alpha value is -1.31. The summed E-state index contributed by atoms with van der Waals surface area (Å²) < 4.78 is 40.2. The van der Waals surface area contributed by atoms with Gasteiger partial charge in [0.15, 0.2) is 11.5 Å². The maximum atomic E-state index is 10.8. The number of methoxy groups -OCH3 is 2. The predicted molar refractivity (Wildman–Crippen MR) is 56.1 cm³/mol. The molecule has 1 rings (SSSR count). The molecule has 0 saturated carbocycles. The Labute approximate surface area is 93.2 Å². The molecule has 16 heavy (non-hydrogen) atoms. The van der Waals surface area contributed by atoms with E-state index in [1.165, 1.54) is 26.4 Å². The highest BCUT2D eigenvalue weighted by Crippen LogP contribution is 2.35. The van der Waals surface area contributed by atoms with Gasteiger partial charge in [0, 0.05) is 5.56 Å². The Morgan fingerprint density at radius 1 is 1.25 bits per heavy atom. The molecular formula is C9H12O6S. The molecule has 1 aromatic carbocycles. The van der Waals surface area contributed by atoms with Crippen LogP contribution in [0.1, 0.15) is 11.0 Å². The standard InChI is InChI=1S/C9H12O6S/c1-14-7-5-3-4-6(8(7)15-2)9(10)16(11,12)13/h3-5,9-10H,1-2H3,(H,11,12,13). The van der Waals surface area contributed by atoms with Gasteiger partial charge >= 0.3 is 0 Å². The summed E-state index contributed by atoms with van der Waals surface area (Å²) in [6.45, 7) is 0. The minimum absolute atomic E-state index is 0.0649. The maximum Gasteiger partial charge on any atom is 0.296 e. The van der Waals surface area contributed by atoms with E-state index in [1.807, 2.05) is 0 Å². The third-order valence-electron chi connectivity index (χ3n) is 1.98. The molecule has 0 aliphatic carbocycles. The quantitative estimate of drug-likeness (QED) is 0.757. The lowest BCUT2D eigenvalue weighted by Gasteiger charge is -2.14. The van der Waals surface area contributed by atoms with Gasteiger partial charge in [-0.2, -0.15) is 8.42 Å².